The molecule has 0 unspecified atom stereocenters. The summed E-state index contributed by atoms with van der Waals surface area (Å²) in [7, 11) is 0. The fourth-order valence-electron chi connectivity index (χ4n) is 7.67. The van der Waals surface area contributed by atoms with Crippen LogP contribution in [-0.2, 0) is 19.7 Å². The highest BCUT2D eigenvalue weighted by molar-refractivity contribution is 6.10. The van der Waals surface area contributed by atoms with Gasteiger partial charge in [-0.3, -0.25) is 14.5 Å². The predicted octanol–water partition coefficient (Wildman–Crippen LogP) is 6.56. The van der Waals surface area contributed by atoms with Crippen molar-refractivity contribution in [1.82, 2.24) is 0 Å². The number of allylic oxidation sites excluding steroid dienone is 2. The van der Waals surface area contributed by atoms with Gasteiger partial charge in [0.15, 0.2) is 10.8 Å². The molecule has 0 aromatic heterocycles. The lowest BCUT2D eigenvalue weighted by molar-refractivity contribution is -0.158. The number of amides is 1. The first kappa shape index (κ1) is 31.5. The van der Waals surface area contributed by atoms with Crippen LogP contribution in [0.25, 0.3) is 0 Å². The van der Waals surface area contributed by atoms with Crippen LogP contribution in [0, 0.1) is 68.0 Å². The molecule has 48 heavy (non-hydrogen) atoms. The van der Waals surface area contributed by atoms with Crippen molar-refractivity contribution in [2.24, 2.45) is 22.7 Å². The zero-order chi connectivity index (χ0) is 33.9. The maximum atomic E-state index is 15.7. The van der Waals surface area contributed by atoms with E-state index in [2.05, 4.69) is 24.3 Å². The number of nitriles is 4. The van der Waals surface area contributed by atoms with E-state index in [0.717, 1.165) is 0 Å². The van der Waals surface area contributed by atoms with Gasteiger partial charge in [0.2, 0.25) is 5.91 Å². The van der Waals surface area contributed by atoms with E-state index in [-0.39, 0.29) is 12.3 Å². The Morgan fingerprint density at radius 2 is 1.17 bits per heavy atom. The Bertz CT molecular complexity index is 1980. The van der Waals surface area contributed by atoms with Crippen LogP contribution in [-0.4, -0.2) is 18.5 Å². The molecule has 1 saturated heterocycles. The van der Waals surface area contributed by atoms with Gasteiger partial charge in [0.1, 0.15) is 5.41 Å². The number of piperidine rings is 1. The number of hydrogen-bond donors (Lipinski definition) is 0. The van der Waals surface area contributed by atoms with Crippen LogP contribution in [0.3, 0.4) is 0 Å². The lowest BCUT2D eigenvalue weighted by Gasteiger charge is -2.57. The number of fused-ring (bicyclic) bond motifs is 1. The Kier molecular flexibility index (Phi) is 8.12. The Balaban J connectivity index is 1.86. The summed E-state index contributed by atoms with van der Waals surface area (Å²) in [5, 5.41) is 44.5. The monoisotopic (exact) mass is 627 g/mol. The number of ether oxygens (including phenoxy) is 1. The molecule has 232 valence electrons. The van der Waals surface area contributed by atoms with E-state index in [9.17, 15) is 25.8 Å². The van der Waals surface area contributed by atoms with E-state index in [1.54, 1.807) is 134 Å². The van der Waals surface area contributed by atoms with Crippen molar-refractivity contribution in [2.45, 2.75) is 18.3 Å². The Morgan fingerprint density at radius 1 is 0.708 bits per heavy atom. The minimum atomic E-state index is -2.47. The van der Waals surface area contributed by atoms with Gasteiger partial charge in [-0.25, -0.2) is 0 Å². The molecule has 0 bridgehead atoms. The number of nitrogens with zero attached hydrogens (tertiary/aromatic N) is 5. The van der Waals surface area contributed by atoms with Crippen molar-refractivity contribution < 1.29 is 14.3 Å². The molecule has 2 aliphatic rings. The van der Waals surface area contributed by atoms with Crippen LogP contribution >= 0.6 is 0 Å². The zero-order valence-electron chi connectivity index (χ0n) is 26.0. The third-order valence-electron chi connectivity index (χ3n) is 9.69. The predicted molar refractivity (Wildman–Crippen MR) is 176 cm³/mol. The molecule has 0 saturated carbocycles. The summed E-state index contributed by atoms with van der Waals surface area (Å²) in [6.45, 7) is 1.57. The highest BCUT2D eigenvalue weighted by atomic mass is 16.5. The Hall–Kier alpha value is -6.48. The van der Waals surface area contributed by atoms with Crippen molar-refractivity contribution in [3.8, 4) is 24.3 Å². The van der Waals surface area contributed by atoms with E-state index in [4.69, 9.17) is 4.74 Å². The molecule has 4 aromatic rings. The Labute approximate surface area is 279 Å². The van der Waals surface area contributed by atoms with Crippen LogP contribution in [0.15, 0.2) is 133 Å². The first-order valence-corrected chi connectivity index (χ1v) is 15.5. The number of hydrogen-bond acceptors (Lipinski definition) is 7. The molecular weight excluding hydrogens is 598 g/mol. The summed E-state index contributed by atoms with van der Waals surface area (Å²) < 4.78 is 5.73. The number of carbonyl (C=O) groups excluding carboxylic acids is 2. The first-order valence-electron chi connectivity index (χ1n) is 15.5. The molecule has 0 spiro atoms. The van der Waals surface area contributed by atoms with Crippen LogP contribution in [0.1, 0.15) is 29.5 Å². The molecule has 8 heteroatoms. The smallest absolute Gasteiger partial charge is 0.311 e. The maximum absolute atomic E-state index is 15.7. The second-order valence-corrected chi connectivity index (χ2v) is 11.8. The third kappa shape index (κ3) is 4.25. The van der Waals surface area contributed by atoms with Crippen molar-refractivity contribution in [3.63, 3.8) is 0 Å². The van der Waals surface area contributed by atoms with Crippen molar-refractivity contribution in [3.05, 3.63) is 150 Å². The SMILES string of the molecule is CCOC(=O)[C@H]1[C@H]2C(=C[C@@H](c3ccccc3)C(C#N)(C#N)C2(C#N)C#N)N(c2ccccc2)C(=O)C1(c1ccccc1)c1ccccc1. The highest BCUT2D eigenvalue weighted by Crippen LogP contribution is 2.66. The van der Waals surface area contributed by atoms with E-state index >= 15 is 4.79 Å². The second kappa shape index (κ2) is 12.4. The van der Waals surface area contributed by atoms with Gasteiger partial charge in [0, 0.05) is 23.2 Å². The number of esters is 1. The molecule has 8 nitrogen and oxygen atoms in total. The standard InChI is InChI=1S/C40H29N5O3/c1-2-48-36(46)35-34-33(23-32(28-15-7-3-8-16-28)38(24-41,25-42)39(34,26-43)27-44)45(31-21-13-6-14-22-31)37(47)40(35,29-17-9-4-10-18-29)30-19-11-5-12-20-30/h3-23,32,34-35H,2H2,1H3/t32-,34+,35+/m0/s1. The number of benzene rings is 4. The van der Waals surface area contributed by atoms with Gasteiger partial charge in [0.25, 0.3) is 0 Å². The number of para-hydroxylation sites is 1. The van der Waals surface area contributed by atoms with Gasteiger partial charge in [-0.1, -0.05) is 115 Å². The Morgan fingerprint density at radius 3 is 1.62 bits per heavy atom. The van der Waals surface area contributed by atoms with Crippen LogP contribution in [0.4, 0.5) is 5.69 Å². The molecule has 0 radical (unpaired) electrons. The van der Waals surface area contributed by atoms with E-state index in [0.29, 0.717) is 22.4 Å². The fraction of sp³-hybridized carbons (Fsp3) is 0.200. The molecule has 4 aromatic carbocycles. The van der Waals surface area contributed by atoms with Crippen molar-refractivity contribution in [1.29, 1.82) is 21.0 Å². The molecule has 1 fully saturated rings. The molecule has 6 rings (SSSR count). The van der Waals surface area contributed by atoms with Crippen LogP contribution < -0.4 is 4.90 Å². The average molecular weight is 628 g/mol. The summed E-state index contributed by atoms with van der Waals surface area (Å²) in [5.74, 6) is -5.49. The quantitative estimate of drug-likeness (QED) is 0.220. The average Bonchev–Trinajstić information content (AvgIpc) is 3.15. The normalized spacial score (nSPS) is 21.5. The summed E-state index contributed by atoms with van der Waals surface area (Å²) in [4.78, 5) is 31.9. The van der Waals surface area contributed by atoms with Gasteiger partial charge in [-0.2, -0.15) is 21.0 Å². The topological polar surface area (TPSA) is 142 Å². The van der Waals surface area contributed by atoms with Gasteiger partial charge in [-0.15, -0.1) is 0 Å². The highest BCUT2D eigenvalue weighted by Gasteiger charge is 2.75. The summed E-state index contributed by atoms with van der Waals surface area (Å²) in [6, 6.07) is 43.4. The maximum Gasteiger partial charge on any atom is 0.311 e. The van der Waals surface area contributed by atoms with Gasteiger partial charge < -0.3 is 4.74 Å². The molecule has 3 atom stereocenters. The first-order chi connectivity index (χ1) is 23.4. The van der Waals surface area contributed by atoms with Crippen LogP contribution in [0.2, 0.25) is 0 Å². The van der Waals surface area contributed by atoms with Crippen molar-refractivity contribution in [2.75, 3.05) is 11.5 Å². The molecule has 1 aliphatic carbocycles. The molecule has 1 heterocycles. The molecule has 0 N–H and O–H groups in total. The third-order valence-corrected chi connectivity index (χ3v) is 9.69. The van der Waals surface area contributed by atoms with Crippen molar-refractivity contribution >= 4 is 17.6 Å². The lowest BCUT2D eigenvalue weighted by atomic mass is 9.43. The largest absolute Gasteiger partial charge is 0.466 e. The summed E-state index contributed by atoms with van der Waals surface area (Å²) in [6.07, 6.45) is 1.62. The lowest BCUT2D eigenvalue weighted by Crippen LogP contribution is -2.68. The van der Waals surface area contributed by atoms with Gasteiger partial charge >= 0.3 is 5.97 Å². The number of anilines is 1. The van der Waals surface area contributed by atoms with E-state index in [1.807, 2.05) is 0 Å². The van der Waals surface area contributed by atoms with Crippen LogP contribution in [0.5, 0.6) is 0 Å². The summed E-state index contributed by atoms with van der Waals surface area (Å²) in [5.41, 5.74) is -4.69. The molecular formula is C40H29N5O3. The second-order valence-electron chi connectivity index (χ2n) is 11.8. The minimum absolute atomic E-state index is 0.0578. The number of carbonyl (C=O) groups is 2. The molecule has 1 amide bonds. The minimum Gasteiger partial charge on any atom is -0.466 e. The van der Waals surface area contributed by atoms with E-state index < -0.39 is 45.9 Å². The fourth-order valence-corrected chi connectivity index (χ4v) is 7.67. The van der Waals surface area contributed by atoms with Gasteiger partial charge in [0.05, 0.1) is 36.8 Å². The van der Waals surface area contributed by atoms with E-state index in [1.165, 1.54) is 4.90 Å². The van der Waals surface area contributed by atoms with Gasteiger partial charge in [-0.05, 0) is 35.7 Å². The summed E-state index contributed by atoms with van der Waals surface area (Å²) >= 11 is 0. The molecule has 1 aliphatic heterocycles. The zero-order valence-corrected chi connectivity index (χ0v) is 26.0. The number of rotatable bonds is 6.